The molecule has 7 heteroatoms. The van der Waals surface area contributed by atoms with Crippen LogP contribution in [-0.2, 0) is 13.1 Å². The number of rotatable bonds is 6. The van der Waals surface area contributed by atoms with Crippen LogP contribution in [0.25, 0.3) is 0 Å². The lowest BCUT2D eigenvalue weighted by Gasteiger charge is -2.07. The van der Waals surface area contributed by atoms with E-state index in [-0.39, 0.29) is 11.7 Å². The number of hydrogen-bond acceptors (Lipinski definition) is 4. The van der Waals surface area contributed by atoms with E-state index in [1.54, 1.807) is 23.0 Å². The zero-order chi connectivity index (χ0) is 18.5. The van der Waals surface area contributed by atoms with Gasteiger partial charge in [0.15, 0.2) is 11.5 Å². The number of methoxy groups -OCH3 is 1. The fraction of sp³-hybridized carbons (Fsp3) is 0.158. The van der Waals surface area contributed by atoms with Crippen molar-refractivity contribution in [3.05, 3.63) is 76.6 Å². The average Bonchev–Trinajstić information content (AvgIpc) is 3.11. The SMILES string of the molecule is COc1cc(CNC(=O)c2cnn(Cc3ccccc3Cl)c2)ccc1O. The fourth-order valence-corrected chi connectivity index (χ4v) is 2.68. The number of benzene rings is 2. The minimum absolute atomic E-state index is 0.0587. The van der Waals surface area contributed by atoms with Crippen molar-refractivity contribution in [3.63, 3.8) is 0 Å². The number of nitrogens with one attached hydrogen (secondary N) is 1. The third-order valence-corrected chi connectivity index (χ3v) is 4.25. The number of carbonyl (C=O) groups excluding carboxylic acids is 1. The van der Waals surface area contributed by atoms with Crippen LogP contribution in [0.1, 0.15) is 21.5 Å². The maximum atomic E-state index is 12.3. The Morgan fingerprint density at radius 2 is 2.12 bits per heavy atom. The van der Waals surface area contributed by atoms with Gasteiger partial charge in [-0.1, -0.05) is 35.9 Å². The molecule has 1 heterocycles. The number of phenols is 1. The molecule has 0 aliphatic carbocycles. The highest BCUT2D eigenvalue weighted by molar-refractivity contribution is 6.31. The molecule has 0 unspecified atom stereocenters. The first-order valence-electron chi connectivity index (χ1n) is 7.97. The predicted octanol–water partition coefficient (Wildman–Crippen LogP) is 3.23. The Morgan fingerprint density at radius 1 is 1.31 bits per heavy atom. The molecule has 26 heavy (non-hydrogen) atoms. The smallest absolute Gasteiger partial charge is 0.254 e. The van der Waals surface area contributed by atoms with E-state index in [0.29, 0.717) is 29.4 Å². The Bertz CT molecular complexity index is 924. The van der Waals surface area contributed by atoms with Crippen molar-refractivity contribution < 1.29 is 14.6 Å². The highest BCUT2D eigenvalue weighted by Crippen LogP contribution is 2.26. The molecule has 6 nitrogen and oxygen atoms in total. The summed E-state index contributed by atoms with van der Waals surface area (Å²) in [6.45, 7) is 0.799. The molecule has 0 bridgehead atoms. The summed E-state index contributed by atoms with van der Waals surface area (Å²) in [7, 11) is 1.48. The van der Waals surface area contributed by atoms with Gasteiger partial charge >= 0.3 is 0 Å². The van der Waals surface area contributed by atoms with Crippen LogP contribution in [0, 0.1) is 0 Å². The number of aromatic nitrogens is 2. The van der Waals surface area contributed by atoms with E-state index in [9.17, 15) is 9.90 Å². The number of amides is 1. The molecule has 0 atom stereocenters. The summed E-state index contributed by atoms with van der Waals surface area (Å²) in [5.41, 5.74) is 2.21. The summed E-state index contributed by atoms with van der Waals surface area (Å²) in [4.78, 5) is 12.3. The van der Waals surface area contributed by atoms with Crippen LogP contribution in [-0.4, -0.2) is 27.9 Å². The van der Waals surface area contributed by atoms with Crippen molar-refractivity contribution in [2.24, 2.45) is 0 Å². The van der Waals surface area contributed by atoms with Gasteiger partial charge in [-0.2, -0.15) is 5.10 Å². The molecule has 3 rings (SSSR count). The van der Waals surface area contributed by atoms with Crippen LogP contribution in [0.2, 0.25) is 5.02 Å². The van der Waals surface area contributed by atoms with E-state index >= 15 is 0 Å². The maximum Gasteiger partial charge on any atom is 0.254 e. The molecule has 1 aromatic heterocycles. The van der Waals surface area contributed by atoms with Gasteiger partial charge in [0.05, 0.1) is 25.4 Å². The second-order valence-corrected chi connectivity index (χ2v) is 6.11. The second-order valence-electron chi connectivity index (χ2n) is 5.71. The number of hydrogen-bond donors (Lipinski definition) is 2. The minimum Gasteiger partial charge on any atom is -0.504 e. The molecule has 2 N–H and O–H groups in total. The van der Waals surface area contributed by atoms with E-state index in [4.69, 9.17) is 16.3 Å². The molecule has 0 fully saturated rings. The molecule has 2 aromatic carbocycles. The molecular weight excluding hydrogens is 354 g/mol. The molecule has 0 aliphatic rings. The van der Waals surface area contributed by atoms with Crippen molar-refractivity contribution in [1.82, 2.24) is 15.1 Å². The molecule has 0 saturated heterocycles. The molecule has 0 radical (unpaired) electrons. The van der Waals surface area contributed by atoms with Gasteiger partial charge in [-0.15, -0.1) is 0 Å². The number of carbonyl (C=O) groups is 1. The van der Waals surface area contributed by atoms with Crippen LogP contribution >= 0.6 is 11.6 Å². The highest BCUT2D eigenvalue weighted by atomic mass is 35.5. The van der Waals surface area contributed by atoms with Crippen molar-refractivity contribution >= 4 is 17.5 Å². The van der Waals surface area contributed by atoms with Crippen molar-refractivity contribution in [2.75, 3.05) is 7.11 Å². The predicted molar refractivity (Wildman–Crippen MR) is 98.6 cm³/mol. The third-order valence-electron chi connectivity index (χ3n) is 3.88. The molecule has 3 aromatic rings. The molecule has 134 valence electrons. The Balaban J connectivity index is 1.62. The normalized spacial score (nSPS) is 10.5. The lowest BCUT2D eigenvalue weighted by molar-refractivity contribution is 0.0951. The first-order chi connectivity index (χ1) is 12.6. The number of nitrogens with zero attached hydrogens (tertiary/aromatic N) is 2. The summed E-state index contributed by atoms with van der Waals surface area (Å²) in [5.74, 6) is 0.190. The van der Waals surface area contributed by atoms with Crippen molar-refractivity contribution in [3.8, 4) is 11.5 Å². The third kappa shape index (κ3) is 4.15. The van der Waals surface area contributed by atoms with Gasteiger partial charge in [0.25, 0.3) is 5.91 Å². The van der Waals surface area contributed by atoms with Crippen molar-refractivity contribution in [2.45, 2.75) is 13.1 Å². The van der Waals surface area contributed by atoms with Crippen molar-refractivity contribution in [1.29, 1.82) is 0 Å². The Morgan fingerprint density at radius 3 is 2.88 bits per heavy atom. The first-order valence-corrected chi connectivity index (χ1v) is 8.34. The molecule has 0 saturated carbocycles. The quantitative estimate of drug-likeness (QED) is 0.697. The molecule has 0 aliphatic heterocycles. The van der Waals surface area contributed by atoms with Gasteiger partial charge in [-0.25, -0.2) is 0 Å². The summed E-state index contributed by atoms with van der Waals surface area (Å²) < 4.78 is 6.73. The van der Waals surface area contributed by atoms with Crippen LogP contribution < -0.4 is 10.1 Å². The van der Waals surface area contributed by atoms with Gasteiger partial charge in [0.2, 0.25) is 0 Å². The zero-order valence-corrected chi connectivity index (χ0v) is 14.9. The van der Waals surface area contributed by atoms with Crippen LogP contribution in [0.5, 0.6) is 11.5 Å². The van der Waals surface area contributed by atoms with Gasteiger partial charge < -0.3 is 15.2 Å². The molecule has 1 amide bonds. The topological polar surface area (TPSA) is 76.4 Å². The maximum absolute atomic E-state index is 12.3. The number of halogens is 1. The van der Waals surface area contributed by atoms with E-state index in [2.05, 4.69) is 10.4 Å². The standard InChI is InChI=1S/C19H18ClN3O3/c1-26-18-8-13(6-7-17(18)24)9-21-19(25)15-10-22-23(12-15)11-14-4-2-3-5-16(14)20/h2-8,10,12,24H,9,11H2,1H3,(H,21,25). The summed E-state index contributed by atoms with van der Waals surface area (Å²) in [5, 5.41) is 17.3. The summed E-state index contributed by atoms with van der Waals surface area (Å²) in [6.07, 6.45) is 3.19. The van der Waals surface area contributed by atoms with E-state index in [0.717, 1.165) is 11.1 Å². The van der Waals surface area contributed by atoms with Gasteiger partial charge in [-0.3, -0.25) is 9.48 Å². The Labute approximate surface area is 156 Å². The Hall–Kier alpha value is -2.99. The fourth-order valence-electron chi connectivity index (χ4n) is 2.48. The van der Waals surface area contributed by atoms with Crippen LogP contribution in [0.3, 0.4) is 0 Å². The largest absolute Gasteiger partial charge is 0.504 e. The lowest BCUT2D eigenvalue weighted by atomic mass is 10.2. The molecule has 0 spiro atoms. The lowest BCUT2D eigenvalue weighted by Crippen LogP contribution is -2.22. The van der Waals surface area contributed by atoms with E-state index in [1.807, 2.05) is 24.3 Å². The van der Waals surface area contributed by atoms with Gasteiger partial charge in [0, 0.05) is 17.8 Å². The van der Waals surface area contributed by atoms with Crippen LogP contribution in [0.15, 0.2) is 54.9 Å². The number of ether oxygens (including phenoxy) is 1. The van der Waals surface area contributed by atoms with Gasteiger partial charge in [-0.05, 0) is 29.3 Å². The second kappa shape index (κ2) is 7.93. The molecular formula is C19H18ClN3O3. The van der Waals surface area contributed by atoms with E-state index < -0.39 is 0 Å². The van der Waals surface area contributed by atoms with Crippen LogP contribution in [0.4, 0.5) is 0 Å². The monoisotopic (exact) mass is 371 g/mol. The summed E-state index contributed by atoms with van der Waals surface area (Å²) >= 11 is 6.15. The Kier molecular flexibility index (Phi) is 5.43. The minimum atomic E-state index is -0.234. The van der Waals surface area contributed by atoms with Gasteiger partial charge in [0.1, 0.15) is 0 Å². The number of phenolic OH excluding ortho intramolecular Hbond substituents is 1. The first kappa shape index (κ1) is 17.8. The number of aromatic hydroxyl groups is 1. The van der Waals surface area contributed by atoms with E-state index in [1.165, 1.54) is 19.4 Å². The summed E-state index contributed by atoms with van der Waals surface area (Å²) in [6, 6.07) is 12.4. The highest BCUT2D eigenvalue weighted by Gasteiger charge is 2.10. The zero-order valence-electron chi connectivity index (χ0n) is 14.1. The average molecular weight is 372 g/mol.